The summed E-state index contributed by atoms with van der Waals surface area (Å²) in [5, 5.41) is 0. The first kappa shape index (κ1) is 8.75. The van der Waals surface area contributed by atoms with Crippen molar-refractivity contribution in [1.82, 2.24) is 0 Å². The van der Waals surface area contributed by atoms with E-state index in [0.29, 0.717) is 5.92 Å². The highest BCUT2D eigenvalue weighted by molar-refractivity contribution is 5.66. The number of esters is 1. The van der Waals surface area contributed by atoms with Gasteiger partial charge in [-0.2, -0.15) is 0 Å². The van der Waals surface area contributed by atoms with Crippen LogP contribution in [-0.2, 0) is 9.53 Å². The van der Waals surface area contributed by atoms with Crippen LogP contribution in [0.15, 0.2) is 0 Å². The van der Waals surface area contributed by atoms with Gasteiger partial charge in [0.15, 0.2) is 0 Å². The minimum absolute atomic E-state index is 0.102. The molecule has 14 heavy (non-hydrogen) atoms. The van der Waals surface area contributed by atoms with Gasteiger partial charge < -0.3 is 4.74 Å². The van der Waals surface area contributed by atoms with E-state index >= 15 is 0 Å². The number of ether oxygens (including phenoxy) is 1. The summed E-state index contributed by atoms with van der Waals surface area (Å²) in [6.07, 6.45) is 6.72. The third kappa shape index (κ3) is 1.27. The van der Waals surface area contributed by atoms with Crippen molar-refractivity contribution in [1.29, 1.82) is 0 Å². The van der Waals surface area contributed by atoms with Gasteiger partial charge in [-0.1, -0.05) is 0 Å². The van der Waals surface area contributed by atoms with Gasteiger partial charge >= 0.3 is 5.97 Å². The average molecular weight is 193 g/mol. The van der Waals surface area contributed by atoms with Gasteiger partial charge in [-0.25, -0.2) is 0 Å². The second kappa shape index (κ2) is 2.98. The van der Waals surface area contributed by atoms with E-state index in [2.05, 4.69) is 0 Å². The first-order chi connectivity index (χ1) is 6.72. The van der Waals surface area contributed by atoms with Crippen LogP contribution in [0.2, 0.25) is 0 Å². The molecular formula is C12H17O2. The van der Waals surface area contributed by atoms with Gasteiger partial charge in [0.05, 0.1) is 0 Å². The van der Waals surface area contributed by atoms with Crippen LogP contribution in [0.1, 0.15) is 39.0 Å². The molecule has 4 rings (SSSR count). The Morgan fingerprint density at radius 1 is 1.21 bits per heavy atom. The van der Waals surface area contributed by atoms with E-state index in [-0.39, 0.29) is 12.1 Å². The Bertz CT molecular complexity index is 231. The van der Waals surface area contributed by atoms with Crippen LogP contribution in [0.4, 0.5) is 0 Å². The first-order valence-corrected chi connectivity index (χ1v) is 5.74. The lowest BCUT2D eigenvalue weighted by Crippen LogP contribution is -2.48. The highest BCUT2D eigenvalue weighted by Gasteiger charge is 2.49. The van der Waals surface area contributed by atoms with Crippen LogP contribution >= 0.6 is 0 Å². The Morgan fingerprint density at radius 2 is 1.86 bits per heavy atom. The molecule has 0 N–H and O–H groups in total. The third-order valence-electron chi connectivity index (χ3n) is 4.16. The quantitative estimate of drug-likeness (QED) is 0.597. The van der Waals surface area contributed by atoms with Crippen LogP contribution < -0.4 is 0 Å². The lowest BCUT2D eigenvalue weighted by atomic mass is 9.55. The smallest absolute Gasteiger partial charge is 0.302 e. The molecule has 2 nitrogen and oxygen atoms in total. The fourth-order valence-electron chi connectivity index (χ4n) is 3.95. The monoisotopic (exact) mass is 193 g/mol. The summed E-state index contributed by atoms with van der Waals surface area (Å²) in [6, 6.07) is 0. The van der Waals surface area contributed by atoms with E-state index in [9.17, 15) is 4.79 Å². The summed E-state index contributed by atoms with van der Waals surface area (Å²) in [5.41, 5.74) is 0. The maximum atomic E-state index is 11.0. The number of hydrogen-bond donors (Lipinski definition) is 0. The Hall–Kier alpha value is -0.530. The van der Waals surface area contributed by atoms with Crippen molar-refractivity contribution < 1.29 is 9.53 Å². The predicted octanol–water partition coefficient (Wildman–Crippen LogP) is 2.33. The van der Waals surface area contributed by atoms with Crippen molar-refractivity contribution in [2.24, 2.45) is 17.8 Å². The minimum Gasteiger partial charge on any atom is -0.462 e. The van der Waals surface area contributed by atoms with E-state index in [0.717, 1.165) is 11.8 Å². The molecule has 2 heteroatoms. The molecule has 4 fully saturated rings. The van der Waals surface area contributed by atoms with Crippen LogP contribution in [0.25, 0.3) is 0 Å². The van der Waals surface area contributed by atoms with E-state index in [1.165, 1.54) is 39.0 Å². The van der Waals surface area contributed by atoms with Gasteiger partial charge in [0.25, 0.3) is 0 Å². The SMILES string of the molecule is CC(=O)OC1[C]2CC3CC(C2)CC1C3. The Morgan fingerprint density at radius 3 is 2.36 bits per heavy atom. The molecule has 0 amide bonds. The molecule has 3 atom stereocenters. The molecule has 4 aliphatic carbocycles. The molecule has 3 unspecified atom stereocenters. The molecule has 0 spiro atoms. The Kier molecular flexibility index (Phi) is 1.86. The molecule has 4 aliphatic rings. The molecule has 0 aliphatic heterocycles. The molecule has 0 saturated heterocycles. The molecule has 77 valence electrons. The summed E-state index contributed by atoms with van der Waals surface area (Å²) < 4.78 is 5.45. The molecular weight excluding hydrogens is 176 g/mol. The van der Waals surface area contributed by atoms with Crippen molar-refractivity contribution in [3.63, 3.8) is 0 Å². The van der Waals surface area contributed by atoms with Gasteiger partial charge in [-0.3, -0.25) is 4.79 Å². The predicted molar refractivity (Wildman–Crippen MR) is 52.4 cm³/mol. The van der Waals surface area contributed by atoms with Gasteiger partial charge in [0.2, 0.25) is 0 Å². The third-order valence-corrected chi connectivity index (χ3v) is 4.16. The topological polar surface area (TPSA) is 26.3 Å². The van der Waals surface area contributed by atoms with Crippen molar-refractivity contribution in [3.05, 3.63) is 5.92 Å². The molecule has 0 aromatic carbocycles. The van der Waals surface area contributed by atoms with Gasteiger partial charge in [-0.05, 0) is 49.9 Å². The summed E-state index contributed by atoms with van der Waals surface area (Å²) in [4.78, 5) is 11.0. The Balaban J connectivity index is 1.77. The minimum atomic E-state index is -0.102. The lowest BCUT2D eigenvalue weighted by molar-refractivity contribution is -0.154. The summed E-state index contributed by atoms with van der Waals surface area (Å²) in [6.45, 7) is 1.53. The summed E-state index contributed by atoms with van der Waals surface area (Å²) in [5.74, 6) is 3.96. The van der Waals surface area contributed by atoms with Gasteiger partial charge in [0, 0.05) is 12.8 Å². The molecule has 1 radical (unpaired) electrons. The molecule has 0 aromatic heterocycles. The second-order valence-corrected chi connectivity index (χ2v) is 5.30. The van der Waals surface area contributed by atoms with Crippen molar-refractivity contribution in [3.8, 4) is 0 Å². The largest absolute Gasteiger partial charge is 0.462 e. The number of rotatable bonds is 1. The fraction of sp³-hybridized carbons (Fsp3) is 0.833. The maximum Gasteiger partial charge on any atom is 0.302 e. The van der Waals surface area contributed by atoms with Crippen molar-refractivity contribution >= 4 is 5.97 Å². The summed E-state index contributed by atoms with van der Waals surface area (Å²) >= 11 is 0. The van der Waals surface area contributed by atoms with Crippen LogP contribution in [0, 0.1) is 23.7 Å². The standard InChI is InChI=1S/C12H17O2/c1-7(13)14-12-10-3-8-2-9(5-10)6-11(12)4-8/h8-10,12H,2-6H2,1H3. The van der Waals surface area contributed by atoms with Crippen molar-refractivity contribution in [2.45, 2.75) is 45.1 Å². The van der Waals surface area contributed by atoms with E-state index in [4.69, 9.17) is 4.74 Å². The van der Waals surface area contributed by atoms with Crippen LogP contribution in [0.5, 0.6) is 0 Å². The molecule has 4 bridgehead atoms. The van der Waals surface area contributed by atoms with Crippen molar-refractivity contribution in [2.75, 3.05) is 0 Å². The van der Waals surface area contributed by atoms with Crippen LogP contribution in [-0.4, -0.2) is 12.1 Å². The Labute approximate surface area is 85.0 Å². The van der Waals surface area contributed by atoms with Gasteiger partial charge in [-0.15, -0.1) is 0 Å². The number of carbonyl (C=O) groups is 1. The van der Waals surface area contributed by atoms with E-state index in [1.54, 1.807) is 5.92 Å². The molecule has 0 aromatic rings. The average Bonchev–Trinajstić information content (AvgIpc) is 2.09. The normalized spacial score (nSPS) is 45.5. The number of hydrogen-bond acceptors (Lipinski definition) is 2. The zero-order valence-corrected chi connectivity index (χ0v) is 8.66. The van der Waals surface area contributed by atoms with Gasteiger partial charge in [0.1, 0.15) is 6.10 Å². The summed E-state index contributed by atoms with van der Waals surface area (Å²) in [7, 11) is 0. The van der Waals surface area contributed by atoms with Crippen LogP contribution in [0.3, 0.4) is 0 Å². The second-order valence-electron chi connectivity index (χ2n) is 5.30. The highest BCUT2D eigenvalue weighted by Crippen LogP contribution is 2.55. The van der Waals surface area contributed by atoms with E-state index in [1.807, 2.05) is 0 Å². The first-order valence-electron chi connectivity index (χ1n) is 5.74. The molecule has 0 heterocycles. The van der Waals surface area contributed by atoms with E-state index < -0.39 is 0 Å². The maximum absolute atomic E-state index is 11.0. The lowest BCUT2D eigenvalue weighted by Gasteiger charge is -2.53. The molecule has 4 saturated carbocycles. The highest BCUT2D eigenvalue weighted by atomic mass is 16.5. The fourth-order valence-corrected chi connectivity index (χ4v) is 3.95. The zero-order chi connectivity index (χ0) is 9.71. The number of carbonyl (C=O) groups excluding carboxylic acids is 1. The zero-order valence-electron chi connectivity index (χ0n) is 8.66.